The molecule has 0 radical (unpaired) electrons. The van der Waals surface area contributed by atoms with Crippen LogP contribution in [-0.2, 0) is 12.0 Å². The van der Waals surface area contributed by atoms with E-state index in [0.717, 1.165) is 0 Å². The lowest BCUT2D eigenvalue weighted by molar-refractivity contribution is 0.355. The zero-order chi connectivity index (χ0) is 22.8. The predicted molar refractivity (Wildman–Crippen MR) is 125 cm³/mol. The number of methoxy groups -OCH3 is 2. The predicted octanol–water partition coefficient (Wildman–Crippen LogP) is 4.72. The molecule has 0 spiro atoms. The smallest absolute Gasteiger partial charge is 0.258 e. The van der Waals surface area contributed by atoms with Gasteiger partial charge in [0, 0.05) is 12.1 Å². The van der Waals surface area contributed by atoms with Gasteiger partial charge in [-0.2, -0.15) is 0 Å². The van der Waals surface area contributed by atoms with Crippen LogP contribution >= 0.6 is 0 Å². The van der Waals surface area contributed by atoms with Gasteiger partial charge in [-0.1, -0.05) is 58.9 Å². The molecule has 6 heteroatoms. The minimum absolute atomic E-state index is 0.123. The molecule has 3 rings (SSSR count). The molecule has 2 aromatic carbocycles. The summed E-state index contributed by atoms with van der Waals surface area (Å²) in [5, 5.41) is 4.04. The largest absolute Gasteiger partial charge is 0.493 e. The molecule has 0 saturated heterocycles. The third kappa shape index (κ3) is 5.07. The van der Waals surface area contributed by atoms with Gasteiger partial charge in [-0.05, 0) is 28.5 Å². The normalized spacial score (nSPS) is 12.9. The summed E-state index contributed by atoms with van der Waals surface area (Å²) in [4.78, 5) is 20.2. The van der Waals surface area contributed by atoms with Crippen molar-refractivity contribution in [2.75, 3.05) is 14.2 Å². The maximum absolute atomic E-state index is 12.6. The third-order valence-corrected chi connectivity index (χ3v) is 5.55. The van der Waals surface area contributed by atoms with E-state index in [1.807, 2.05) is 0 Å². The van der Waals surface area contributed by atoms with E-state index in [0.29, 0.717) is 40.7 Å². The van der Waals surface area contributed by atoms with Crippen LogP contribution in [0, 0.1) is 5.92 Å². The van der Waals surface area contributed by atoms with Crippen LogP contribution in [0.2, 0.25) is 0 Å². The zero-order valence-electron chi connectivity index (χ0n) is 19.5. The Morgan fingerprint density at radius 3 is 2.19 bits per heavy atom. The maximum Gasteiger partial charge on any atom is 0.258 e. The Labute approximate surface area is 184 Å². The van der Waals surface area contributed by atoms with Crippen LogP contribution in [-0.4, -0.2) is 24.2 Å². The fraction of sp³-hybridized carbons (Fsp3) is 0.440. The van der Waals surface area contributed by atoms with Gasteiger partial charge in [0.05, 0.1) is 31.7 Å². The summed E-state index contributed by atoms with van der Waals surface area (Å²) in [6.07, 6.45) is 0. The zero-order valence-corrected chi connectivity index (χ0v) is 19.5. The van der Waals surface area contributed by atoms with Crippen molar-refractivity contribution >= 4 is 10.9 Å². The topological polar surface area (TPSA) is 76.2 Å². The van der Waals surface area contributed by atoms with E-state index in [1.54, 1.807) is 26.4 Å². The summed E-state index contributed by atoms with van der Waals surface area (Å²) in [5.41, 5.74) is 3.03. The summed E-state index contributed by atoms with van der Waals surface area (Å²) in [7, 11) is 3.11. The van der Waals surface area contributed by atoms with Gasteiger partial charge in [0.25, 0.3) is 5.56 Å². The van der Waals surface area contributed by atoms with Crippen molar-refractivity contribution in [2.24, 2.45) is 5.92 Å². The van der Waals surface area contributed by atoms with Crippen molar-refractivity contribution < 1.29 is 9.47 Å². The molecule has 0 bridgehead atoms. The number of nitrogens with zero attached hydrogens (tertiary/aromatic N) is 1. The highest BCUT2D eigenvalue weighted by Crippen LogP contribution is 2.30. The van der Waals surface area contributed by atoms with Gasteiger partial charge in [-0.15, -0.1) is 0 Å². The van der Waals surface area contributed by atoms with Crippen molar-refractivity contribution in [3.05, 3.63) is 63.7 Å². The van der Waals surface area contributed by atoms with Crippen molar-refractivity contribution in [3.63, 3.8) is 0 Å². The van der Waals surface area contributed by atoms with Crippen molar-refractivity contribution in [3.8, 4) is 11.5 Å². The average Bonchev–Trinajstić information content (AvgIpc) is 2.72. The van der Waals surface area contributed by atoms with Crippen LogP contribution < -0.4 is 20.3 Å². The molecular weight excluding hydrogens is 390 g/mol. The second-order valence-electron chi connectivity index (χ2n) is 9.21. The first kappa shape index (κ1) is 22.8. The number of benzene rings is 2. The summed E-state index contributed by atoms with van der Waals surface area (Å²) in [6.45, 7) is 11.5. The first-order chi connectivity index (χ1) is 14.6. The highest BCUT2D eigenvalue weighted by Gasteiger charge is 2.19. The molecule has 0 aliphatic heterocycles. The molecule has 0 saturated carbocycles. The van der Waals surface area contributed by atoms with Crippen LogP contribution in [0.15, 0.2) is 41.2 Å². The summed E-state index contributed by atoms with van der Waals surface area (Å²) < 4.78 is 10.6. The number of aromatic amines is 1. The minimum Gasteiger partial charge on any atom is -0.493 e. The molecule has 2 N–H and O–H groups in total. The number of hydrogen-bond acceptors (Lipinski definition) is 5. The van der Waals surface area contributed by atoms with Crippen molar-refractivity contribution in [2.45, 2.75) is 52.6 Å². The lowest BCUT2D eigenvalue weighted by Gasteiger charge is -2.25. The summed E-state index contributed by atoms with van der Waals surface area (Å²) in [5.74, 6) is 2.01. The Balaban J connectivity index is 1.86. The van der Waals surface area contributed by atoms with E-state index in [1.165, 1.54) is 11.1 Å². The number of ether oxygens (including phenoxy) is 2. The first-order valence-corrected chi connectivity index (χ1v) is 10.6. The molecule has 3 aromatic rings. The molecule has 1 heterocycles. The minimum atomic E-state index is -0.196. The molecule has 1 atom stereocenters. The quantitative estimate of drug-likeness (QED) is 0.575. The Hall–Kier alpha value is -2.86. The highest BCUT2D eigenvalue weighted by atomic mass is 16.5. The van der Waals surface area contributed by atoms with E-state index in [-0.39, 0.29) is 17.0 Å². The average molecular weight is 424 g/mol. The van der Waals surface area contributed by atoms with Gasteiger partial charge in [0.2, 0.25) is 0 Å². The number of fused-ring (bicyclic) bond motifs is 1. The molecule has 0 unspecified atom stereocenters. The number of hydrogen-bond donors (Lipinski definition) is 2. The summed E-state index contributed by atoms with van der Waals surface area (Å²) >= 11 is 0. The van der Waals surface area contributed by atoms with E-state index < -0.39 is 0 Å². The van der Waals surface area contributed by atoms with Gasteiger partial charge in [0.15, 0.2) is 11.5 Å². The van der Waals surface area contributed by atoms with E-state index >= 15 is 0 Å². The monoisotopic (exact) mass is 423 g/mol. The van der Waals surface area contributed by atoms with E-state index in [2.05, 4.69) is 74.2 Å². The fourth-order valence-corrected chi connectivity index (χ4v) is 3.73. The fourth-order valence-electron chi connectivity index (χ4n) is 3.73. The van der Waals surface area contributed by atoms with Gasteiger partial charge < -0.3 is 19.8 Å². The SMILES string of the molecule is COc1cc2nc(CN[C@H](c3ccc(C(C)(C)C)cc3)C(C)C)[nH]c(=O)c2cc1OC. The van der Waals surface area contributed by atoms with Crippen LogP contribution in [0.4, 0.5) is 0 Å². The van der Waals surface area contributed by atoms with Gasteiger partial charge in [0.1, 0.15) is 5.82 Å². The van der Waals surface area contributed by atoms with E-state index in [4.69, 9.17) is 9.47 Å². The lowest BCUT2D eigenvalue weighted by atomic mass is 9.85. The number of nitrogens with one attached hydrogen (secondary N) is 2. The molecule has 166 valence electrons. The maximum atomic E-state index is 12.6. The summed E-state index contributed by atoms with van der Waals surface area (Å²) in [6, 6.07) is 12.3. The van der Waals surface area contributed by atoms with Crippen LogP contribution in [0.3, 0.4) is 0 Å². The van der Waals surface area contributed by atoms with Gasteiger partial charge in [-0.3, -0.25) is 4.79 Å². The number of H-pyrrole nitrogens is 1. The standard InChI is InChI=1S/C25H33N3O3/c1-15(2)23(16-8-10-17(11-9-16)25(3,4)5)26-14-22-27-19-13-21(31-7)20(30-6)12-18(19)24(29)28-22/h8-13,15,23,26H,14H2,1-7H3,(H,27,28,29)/t23-/m0/s1. The number of aromatic nitrogens is 2. The lowest BCUT2D eigenvalue weighted by Crippen LogP contribution is -2.27. The molecule has 0 aliphatic rings. The molecule has 0 amide bonds. The van der Waals surface area contributed by atoms with Crippen LogP contribution in [0.1, 0.15) is 57.6 Å². The van der Waals surface area contributed by atoms with Crippen LogP contribution in [0.25, 0.3) is 10.9 Å². The molecule has 0 aliphatic carbocycles. The highest BCUT2D eigenvalue weighted by molar-refractivity contribution is 5.81. The molecule has 6 nitrogen and oxygen atoms in total. The third-order valence-electron chi connectivity index (χ3n) is 5.55. The Kier molecular flexibility index (Phi) is 6.70. The second kappa shape index (κ2) is 9.10. The Bertz CT molecular complexity index is 1100. The molecule has 31 heavy (non-hydrogen) atoms. The Morgan fingerprint density at radius 1 is 1.03 bits per heavy atom. The molecule has 1 aromatic heterocycles. The first-order valence-electron chi connectivity index (χ1n) is 10.6. The van der Waals surface area contributed by atoms with Gasteiger partial charge in [-0.25, -0.2) is 4.98 Å². The van der Waals surface area contributed by atoms with Crippen LogP contribution in [0.5, 0.6) is 11.5 Å². The van der Waals surface area contributed by atoms with E-state index in [9.17, 15) is 4.79 Å². The molecule has 0 fully saturated rings. The van der Waals surface area contributed by atoms with Crippen molar-refractivity contribution in [1.29, 1.82) is 0 Å². The van der Waals surface area contributed by atoms with Crippen molar-refractivity contribution in [1.82, 2.24) is 15.3 Å². The Morgan fingerprint density at radius 2 is 1.65 bits per heavy atom. The molecular formula is C25H33N3O3. The number of rotatable bonds is 7. The van der Waals surface area contributed by atoms with Gasteiger partial charge >= 0.3 is 0 Å². The second-order valence-corrected chi connectivity index (χ2v) is 9.21.